The maximum atomic E-state index is 12.3. The van der Waals surface area contributed by atoms with E-state index in [-0.39, 0.29) is 18.2 Å². The predicted octanol–water partition coefficient (Wildman–Crippen LogP) is 2.15. The highest BCUT2D eigenvalue weighted by Crippen LogP contribution is 2.28. The van der Waals surface area contributed by atoms with Crippen molar-refractivity contribution < 1.29 is 14.3 Å². The van der Waals surface area contributed by atoms with Gasteiger partial charge < -0.3 is 10.1 Å². The molecule has 2 amide bonds. The molecule has 28 heavy (non-hydrogen) atoms. The number of ether oxygens (including phenoxy) is 1. The molecular weight excluding hydrogens is 358 g/mol. The van der Waals surface area contributed by atoms with E-state index < -0.39 is 6.04 Å². The molecule has 0 saturated heterocycles. The van der Waals surface area contributed by atoms with Crippen molar-refractivity contribution in [3.05, 3.63) is 60.2 Å². The molecule has 0 aliphatic carbocycles. The molecule has 8 heteroatoms. The largest absolute Gasteiger partial charge is 0.497 e. The average Bonchev–Trinajstić information content (AvgIpc) is 3.26. The molecule has 0 radical (unpaired) electrons. The zero-order valence-corrected chi connectivity index (χ0v) is 15.3. The smallest absolute Gasteiger partial charge is 0.252 e. The van der Waals surface area contributed by atoms with Crippen LogP contribution in [0.15, 0.2) is 54.6 Å². The van der Waals surface area contributed by atoms with Gasteiger partial charge in [0.05, 0.1) is 13.5 Å². The van der Waals surface area contributed by atoms with Gasteiger partial charge >= 0.3 is 0 Å². The van der Waals surface area contributed by atoms with Crippen LogP contribution in [0.2, 0.25) is 0 Å². The Kier molecular flexibility index (Phi) is 4.76. The lowest BCUT2D eigenvalue weighted by Crippen LogP contribution is -2.28. The summed E-state index contributed by atoms with van der Waals surface area (Å²) in [5.41, 5.74) is 1.79. The van der Waals surface area contributed by atoms with Crippen LogP contribution < -0.4 is 15.4 Å². The third kappa shape index (κ3) is 3.57. The highest BCUT2D eigenvalue weighted by Gasteiger charge is 2.35. The summed E-state index contributed by atoms with van der Waals surface area (Å²) < 4.78 is 6.62. The monoisotopic (exact) mass is 377 g/mol. The second kappa shape index (κ2) is 7.51. The SMILES string of the molecule is COc1ccc(-c2nc3n(n2)[C@@H](CC(=O)NCc2ccccc2)C(=O)N3)cc1. The van der Waals surface area contributed by atoms with Crippen molar-refractivity contribution in [2.24, 2.45) is 0 Å². The van der Waals surface area contributed by atoms with E-state index >= 15 is 0 Å². The molecular formula is C20H19N5O3. The van der Waals surface area contributed by atoms with E-state index in [1.165, 1.54) is 4.68 Å². The Bertz CT molecular complexity index is 998. The van der Waals surface area contributed by atoms with Gasteiger partial charge in [-0.15, -0.1) is 5.10 Å². The van der Waals surface area contributed by atoms with Crippen LogP contribution in [0.4, 0.5) is 5.95 Å². The summed E-state index contributed by atoms with van der Waals surface area (Å²) in [5.74, 6) is 1.05. The fourth-order valence-corrected chi connectivity index (χ4v) is 3.02. The molecule has 1 aliphatic rings. The van der Waals surface area contributed by atoms with Crippen molar-refractivity contribution in [3.63, 3.8) is 0 Å². The van der Waals surface area contributed by atoms with Crippen molar-refractivity contribution in [1.82, 2.24) is 20.1 Å². The lowest BCUT2D eigenvalue weighted by molar-refractivity contribution is -0.126. The lowest BCUT2D eigenvalue weighted by atomic mass is 10.2. The number of methoxy groups -OCH3 is 1. The summed E-state index contributed by atoms with van der Waals surface area (Å²) in [6.45, 7) is 0.412. The molecule has 2 aromatic carbocycles. The Balaban J connectivity index is 1.45. The van der Waals surface area contributed by atoms with Gasteiger partial charge in [-0.25, -0.2) is 4.68 Å². The molecule has 0 saturated carbocycles. The van der Waals surface area contributed by atoms with Crippen molar-refractivity contribution in [2.45, 2.75) is 19.0 Å². The first-order chi connectivity index (χ1) is 13.6. The molecule has 1 aliphatic heterocycles. The van der Waals surface area contributed by atoms with Crippen molar-refractivity contribution in [1.29, 1.82) is 0 Å². The highest BCUT2D eigenvalue weighted by atomic mass is 16.5. The zero-order valence-electron chi connectivity index (χ0n) is 15.3. The molecule has 0 unspecified atom stereocenters. The Labute approximate surface area is 161 Å². The standard InChI is InChI=1S/C20H19N5O3/c1-28-15-9-7-14(8-10-15)18-22-20-23-19(27)16(25(20)24-18)11-17(26)21-12-13-5-3-2-4-6-13/h2-10,16H,11-12H2,1H3,(H,21,26)(H,22,23,24,27)/t16-/m0/s1. The molecule has 2 N–H and O–H groups in total. The summed E-state index contributed by atoms with van der Waals surface area (Å²) >= 11 is 0. The second-order valence-corrected chi connectivity index (χ2v) is 6.40. The van der Waals surface area contributed by atoms with Crippen molar-refractivity contribution in [3.8, 4) is 17.1 Å². The van der Waals surface area contributed by atoms with Gasteiger partial charge in [-0.05, 0) is 29.8 Å². The lowest BCUT2D eigenvalue weighted by Gasteiger charge is -2.10. The summed E-state index contributed by atoms with van der Waals surface area (Å²) in [5, 5.41) is 9.94. The number of carbonyl (C=O) groups excluding carboxylic acids is 2. The van der Waals surface area contributed by atoms with Crippen LogP contribution >= 0.6 is 0 Å². The van der Waals surface area contributed by atoms with Gasteiger partial charge in [-0.1, -0.05) is 30.3 Å². The molecule has 3 aromatic rings. The number of benzene rings is 2. The van der Waals surface area contributed by atoms with E-state index in [4.69, 9.17) is 4.74 Å². The Morgan fingerprint density at radius 2 is 1.93 bits per heavy atom. The zero-order chi connectivity index (χ0) is 19.5. The van der Waals surface area contributed by atoms with Gasteiger partial charge in [-0.2, -0.15) is 4.98 Å². The quantitative estimate of drug-likeness (QED) is 0.686. The first-order valence-electron chi connectivity index (χ1n) is 8.86. The number of hydrogen-bond acceptors (Lipinski definition) is 5. The second-order valence-electron chi connectivity index (χ2n) is 6.40. The van der Waals surface area contributed by atoms with E-state index in [1.807, 2.05) is 54.6 Å². The van der Waals surface area contributed by atoms with Crippen LogP contribution in [-0.2, 0) is 16.1 Å². The molecule has 0 spiro atoms. The fraction of sp³-hybridized carbons (Fsp3) is 0.200. The molecule has 1 aromatic heterocycles. The third-order valence-electron chi connectivity index (χ3n) is 4.52. The van der Waals surface area contributed by atoms with Crippen LogP contribution in [-0.4, -0.2) is 33.7 Å². The minimum absolute atomic E-state index is 0.00290. The number of rotatable bonds is 6. The first-order valence-corrected chi connectivity index (χ1v) is 8.86. The van der Waals surface area contributed by atoms with E-state index in [0.29, 0.717) is 18.3 Å². The minimum atomic E-state index is -0.717. The normalized spacial score (nSPS) is 15.0. The minimum Gasteiger partial charge on any atom is -0.497 e. The van der Waals surface area contributed by atoms with Gasteiger partial charge in [0.15, 0.2) is 5.82 Å². The van der Waals surface area contributed by atoms with E-state index in [0.717, 1.165) is 16.9 Å². The average molecular weight is 377 g/mol. The number of aromatic nitrogens is 3. The maximum absolute atomic E-state index is 12.3. The van der Waals surface area contributed by atoms with Crippen LogP contribution in [0, 0.1) is 0 Å². The van der Waals surface area contributed by atoms with Crippen molar-refractivity contribution in [2.75, 3.05) is 12.4 Å². The van der Waals surface area contributed by atoms with Crippen LogP contribution in [0.5, 0.6) is 5.75 Å². The Morgan fingerprint density at radius 3 is 2.64 bits per heavy atom. The number of amides is 2. The summed E-state index contributed by atoms with van der Waals surface area (Å²) in [4.78, 5) is 28.9. The molecule has 2 heterocycles. The maximum Gasteiger partial charge on any atom is 0.252 e. The highest BCUT2D eigenvalue weighted by molar-refractivity contribution is 5.98. The number of nitrogens with zero attached hydrogens (tertiary/aromatic N) is 3. The Morgan fingerprint density at radius 1 is 1.18 bits per heavy atom. The number of anilines is 1. The van der Waals surface area contributed by atoms with Gasteiger partial charge in [-0.3, -0.25) is 14.9 Å². The number of carbonyl (C=O) groups is 2. The van der Waals surface area contributed by atoms with E-state index in [2.05, 4.69) is 20.7 Å². The molecule has 0 fully saturated rings. The molecule has 0 bridgehead atoms. The third-order valence-corrected chi connectivity index (χ3v) is 4.52. The first kappa shape index (κ1) is 17.7. The van der Waals surface area contributed by atoms with Crippen LogP contribution in [0.1, 0.15) is 18.0 Å². The van der Waals surface area contributed by atoms with Crippen LogP contribution in [0.25, 0.3) is 11.4 Å². The molecule has 1 atom stereocenters. The van der Waals surface area contributed by atoms with Gasteiger partial charge in [0.25, 0.3) is 5.91 Å². The van der Waals surface area contributed by atoms with Crippen molar-refractivity contribution >= 4 is 17.8 Å². The van der Waals surface area contributed by atoms with Crippen LogP contribution in [0.3, 0.4) is 0 Å². The predicted molar refractivity (Wildman–Crippen MR) is 103 cm³/mol. The Hall–Kier alpha value is -3.68. The summed E-state index contributed by atoms with van der Waals surface area (Å²) in [6, 6.07) is 16.2. The number of fused-ring (bicyclic) bond motifs is 1. The van der Waals surface area contributed by atoms with Gasteiger partial charge in [0.1, 0.15) is 11.8 Å². The summed E-state index contributed by atoms with van der Waals surface area (Å²) in [6.07, 6.45) is -0.00290. The molecule has 142 valence electrons. The molecule has 8 nitrogen and oxygen atoms in total. The van der Waals surface area contributed by atoms with E-state index in [1.54, 1.807) is 7.11 Å². The fourth-order valence-electron chi connectivity index (χ4n) is 3.02. The van der Waals surface area contributed by atoms with E-state index in [9.17, 15) is 9.59 Å². The van der Waals surface area contributed by atoms with Gasteiger partial charge in [0, 0.05) is 12.1 Å². The number of nitrogens with one attached hydrogen (secondary N) is 2. The van der Waals surface area contributed by atoms with Gasteiger partial charge in [0.2, 0.25) is 11.9 Å². The number of hydrogen-bond donors (Lipinski definition) is 2. The molecule has 4 rings (SSSR count). The summed E-state index contributed by atoms with van der Waals surface area (Å²) in [7, 11) is 1.60. The topological polar surface area (TPSA) is 98.1 Å².